The number of hydrogen-bond donors (Lipinski definition) is 1. The van der Waals surface area contributed by atoms with Gasteiger partial charge >= 0.3 is 6.18 Å². The second kappa shape index (κ2) is 8.77. The van der Waals surface area contributed by atoms with Crippen LogP contribution in [0.2, 0.25) is 0 Å². The van der Waals surface area contributed by atoms with E-state index in [1.165, 1.54) is 0 Å². The highest BCUT2D eigenvalue weighted by Gasteiger charge is 2.25. The van der Waals surface area contributed by atoms with Crippen molar-refractivity contribution in [3.05, 3.63) is 23.8 Å². The number of para-hydroxylation sites is 1. The third-order valence-electron chi connectivity index (χ3n) is 2.94. The van der Waals surface area contributed by atoms with Crippen LogP contribution in [0.5, 0.6) is 11.5 Å². The molecule has 0 unspecified atom stereocenters. The fraction of sp³-hybridized carbons (Fsp3) is 0.600. The average Bonchev–Trinajstić information content (AvgIpc) is 2.42. The van der Waals surface area contributed by atoms with Gasteiger partial charge in [-0.2, -0.15) is 13.2 Å². The molecule has 0 aliphatic carbocycles. The average molecular weight is 305 g/mol. The van der Waals surface area contributed by atoms with Gasteiger partial charge in [0, 0.05) is 18.5 Å². The lowest BCUT2D eigenvalue weighted by atomic mass is 10.1. The summed E-state index contributed by atoms with van der Waals surface area (Å²) in [6.07, 6.45) is -4.15. The van der Waals surface area contributed by atoms with Gasteiger partial charge in [-0.1, -0.05) is 12.1 Å². The molecule has 0 atom stereocenters. The fourth-order valence-electron chi connectivity index (χ4n) is 2.00. The van der Waals surface area contributed by atoms with Crippen molar-refractivity contribution in [3.63, 3.8) is 0 Å². The maximum atomic E-state index is 12.0. The first kappa shape index (κ1) is 17.6. The lowest BCUT2D eigenvalue weighted by Crippen LogP contribution is -2.16. The first-order valence-corrected chi connectivity index (χ1v) is 7.04. The summed E-state index contributed by atoms with van der Waals surface area (Å²) in [4.78, 5) is 0. The van der Waals surface area contributed by atoms with E-state index in [2.05, 4.69) is 5.32 Å². The molecule has 3 nitrogen and oxygen atoms in total. The minimum absolute atomic E-state index is 0.145. The summed E-state index contributed by atoms with van der Waals surface area (Å²) in [5.41, 5.74) is 0.930. The Labute approximate surface area is 123 Å². The van der Waals surface area contributed by atoms with Crippen LogP contribution in [0.15, 0.2) is 18.2 Å². The molecule has 1 aromatic carbocycles. The number of hydrogen-bond acceptors (Lipinski definition) is 3. The topological polar surface area (TPSA) is 30.5 Å². The molecule has 0 radical (unpaired) electrons. The molecule has 0 saturated carbocycles. The molecule has 21 heavy (non-hydrogen) atoms. The van der Waals surface area contributed by atoms with Crippen LogP contribution in [0.3, 0.4) is 0 Å². The predicted octanol–water partition coefficient (Wildman–Crippen LogP) is 3.92. The number of methoxy groups -OCH3 is 1. The normalized spacial score (nSPS) is 11.5. The number of rotatable bonds is 9. The molecular formula is C15H22F3NO2. The molecule has 0 amide bonds. The number of unbranched alkanes of at least 4 members (excludes halogenated alkanes) is 1. The Balaban J connectivity index is 2.40. The highest BCUT2D eigenvalue weighted by atomic mass is 19.4. The second-order valence-electron chi connectivity index (χ2n) is 4.63. The van der Waals surface area contributed by atoms with E-state index < -0.39 is 12.6 Å². The van der Waals surface area contributed by atoms with Gasteiger partial charge in [0.15, 0.2) is 11.5 Å². The molecule has 0 aliphatic heterocycles. The van der Waals surface area contributed by atoms with E-state index >= 15 is 0 Å². The smallest absolute Gasteiger partial charge is 0.389 e. The quantitative estimate of drug-likeness (QED) is 0.702. The largest absolute Gasteiger partial charge is 0.493 e. The molecule has 1 rings (SSSR count). The zero-order chi connectivity index (χ0) is 15.7. The van der Waals surface area contributed by atoms with Crippen LogP contribution in [0.1, 0.15) is 31.7 Å². The minimum Gasteiger partial charge on any atom is -0.493 e. The molecule has 0 aliphatic rings. The van der Waals surface area contributed by atoms with Gasteiger partial charge in [0.25, 0.3) is 0 Å². The monoisotopic (exact) mass is 305 g/mol. The van der Waals surface area contributed by atoms with E-state index in [1.807, 2.05) is 25.1 Å². The van der Waals surface area contributed by atoms with Gasteiger partial charge < -0.3 is 14.8 Å². The van der Waals surface area contributed by atoms with E-state index in [0.717, 1.165) is 5.56 Å². The molecule has 0 bridgehead atoms. The van der Waals surface area contributed by atoms with Crippen molar-refractivity contribution >= 4 is 0 Å². The van der Waals surface area contributed by atoms with E-state index in [0.29, 0.717) is 37.6 Å². The summed E-state index contributed by atoms with van der Waals surface area (Å²) >= 11 is 0. The first-order valence-electron chi connectivity index (χ1n) is 7.04. The van der Waals surface area contributed by atoms with Gasteiger partial charge in [0.2, 0.25) is 0 Å². The predicted molar refractivity (Wildman–Crippen MR) is 75.8 cm³/mol. The van der Waals surface area contributed by atoms with Crippen molar-refractivity contribution in [2.75, 3.05) is 20.3 Å². The molecule has 1 N–H and O–H groups in total. The Hall–Kier alpha value is -1.43. The molecule has 1 aromatic rings. The molecule has 0 aromatic heterocycles. The molecule has 0 fully saturated rings. The fourth-order valence-corrected chi connectivity index (χ4v) is 2.00. The first-order chi connectivity index (χ1) is 9.98. The number of nitrogens with one attached hydrogen (secondary N) is 1. The Kier molecular flexibility index (Phi) is 7.36. The van der Waals surface area contributed by atoms with Gasteiger partial charge in [-0.25, -0.2) is 0 Å². The molecular weight excluding hydrogens is 283 g/mol. The number of ether oxygens (including phenoxy) is 2. The van der Waals surface area contributed by atoms with Crippen LogP contribution in [0.25, 0.3) is 0 Å². The molecule has 6 heteroatoms. The van der Waals surface area contributed by atoms with Crippen molar-refractivity contribution in [3.8, 4) is 11.5 Å². The van der Waals surface area contributed by atoms with E-state index in [9.17, 15) is 13.2 Å². The van der Waals surface area contributed by atoms with E-state index in [-0.39, 0.29) is 6.42 Å². The van der Waals surface area contributed by atoms with Crippen molar-refractivity contribution in [1.29, 1.82) is 0 Å². The third-order valence-corrected chi connectivity index (χ3v) is 2.94. The third kappa shape index (κ3) is 6.71. The van der Waals surface area contributed by atoms with E-state index in [1.54, 1.807) is 7.11 Å². The lowest BCUT2D eigenvalue weighted by Gasteiger charge is -2.14. The maximum Gasteiger partial charge on any atom is 0.389 e. The van der Waals surface area contributed by atoms with Gasteiger partial charge in [0.1, 0.15) is 0 Å². The zero-order valence-electron chi connectivity index (χ0n) is 12.4. The summed E-state index contributed by atoms with van der Waals surface area (Å²) < 4.78 is 46.8. The minimum atomic E-state index is -4.06. The van der Waals surface area contributed by atoms with Crippen molar-refractivity contribution < 1.29 is 22.6 Å². The Morgan fingerprint density at radius 1 is 1.19 bits per heavy atom. The number of halogens is 3. The summed E-state index contributed by atoms with van der Waals surface area (Å²) in [5, 5.41) is 3.13. The van der Waals surface area contributed by atoms with Crippen LogP contribution >= 0.6 is 0 Å². The number of alkyl halides is 3. The Morgan fingerprint density at radius 2 is 1.95 bits per heavy atom. The van der Waals surface area contributed by atoms with Crippen molar-refractivity contribution in [1.82, 2.24) is 5.32 Å². The summed E-state index contributed by atoms with van der Waals surface area (Å²) in [6.45, 7) is 3.52. The molecule has 0 saturated heterocycles. The van der Waals surface area contributed by atoms with Crippen molar-refractivity contribution in [2.45, 2.75) is 38.9 Å². The molecule has 0 heterocycles. The SMILES string of the molecule is CCOc1cccc(CNCCCCC(F)(F)F)c1OC. The van der Waals surface area contributed by atoms with Crippen molar-refractivity contribution in [2.24, 2.45) is 0 Å². The summed E-state index contributed by atoms with van der Waals surface area (Å²) in [7, 11) is 1.57. The number of benzene rings is 1. The van der Waals surface area contributed by atoms with Gasteiger partial charge in [-0.3, -0.25) is 0 Å². The second-order valence-corrected chi connectivity index (χ2v) is 4.63. The standard InChI is InChI=1S/C15H22F3NO2/c1-3-21-13-8-6-7-12(14(13)20-2)11-19-10-5-4-9-15(16,17)18/h6-8,19H,3-5,9-11H2,1-2H3. The van der Waals surface area contributed by atoms with Gasteiger partial charge in [-0.15, -0.1) is 0 Å². The molecule has 120 valence electrons. The Morgan fingerprint density at radius 3 is 2.57 bits per heavy atom. The maximum absolute atomic E-state index is 12.0. The lowest BCUT2D eigenvalue weighted by molar-refractivity contribution is -0.135. The van der Waals surface area contributed by atoms with Crippen LogP contribution in [-0.4, -0.2) is 26.4 Å². The summed E-state index contributed by atoms with van der Waals surface area (Å²) in [5.74, 6) is 1.35. The molecule has 0 spiro atoms. The van der Waals surface area contributed by atoms with Crippen LogP contribution in [0.4, 0.5) is 13.2 Å². The van der Waals surface area contributed by atoms with Gasteiger partial charge in [-0.05, 0) is 32.4 Å². The van der Waals surface area contributed by atoms with Crippen LogP contribution in [-0.2, 0) is 6.54 Å². The highest BCUT2D eigenvalue weighted by molar-refractivity contribution is 5.46. The van der Waals surface area contributed by atoms with E-state index in [4.69, 9.17) is 9.47 Å². The highest BCUT2D eigenvalue weighted by Crippen LogP contribution is 2.30. The Bertz CT molecular complexity index is 422. The van der Waals surface area contributed by atoms with Gasteiger partial charge in [0.05, 0.1) is 13.7 Å². The van der Waals surface area contributed by atoms with Crippen LogP contribution < -0.4 is 14.8 Å². The summed E-state index contributed by atoms with van der Waals surface area (Å²) in [6, 6.07) is 5.60. The van der Waals surface area contributed by atoms with Crippen LogP contribution in [0, 0.1) is 0 Å². The zero-order valence-corrected chi connectivity index (χ0v) is 12.4.